The van der Waals surface area contributed by atoms with Gasteiger partial charge in [0.05, 0.1) is 12.2 Å². The average molecular weight is 504 g/mol. The van der Waals surface area contributed by atoms with Crippen molar-refractivity contribution >= 4 is 11.9 Å². The first-order valence-corrected chi connectivity index (χ1v) is 7.40. The minimum absolute atomic E-state index is 0.940. The average Bonchev–Trinajstić information content (AvgIpc) is 2.61. The van der Waals surface area contributed by atoms with Gasteiger partial charge in [-0.1, -0.05) is 0 Å². The molecule has 2 atom stereocenters. The van der Waals surface area contributed by atoms with E-state index in [4.69, 9.17) is 0 Å². The van der Waals surface area contributed by atoms with Gasteiger partial charge < -0.3 is 9.47 Å². The highest BCUT2D eigenvalue weighted by molar-refractivity contribution is 5.82. The molecule has 1 saturated carbocycles. The molecule has 0 saturated heterocycles. The summed E-state index contributed by atoms with van der Waals surface area (Å²) in [4.78, 5) is 21.8. The van der Waals surface area contributed by atoms with Crippen LogP contribution in [0.1, 0.15) is 0 Å². The van der Waals surface area contributed by atoms with Crippen molar-refractivity contribution in [2.45, 2.75) is 35.0 Å². The lowest BCUT2D eigenvalue weighted by atomic mass is 9.66. The van der Waals surface area contributed by atoms with Crippen LogP contribution in [0.5, 0.6) is 0 Å². The van der Waals surface area contributed by atoms with Crippen molar-refractivity contribution in [1.82, 2.24) is 0 Å². The maximum absolute atomic E-state index is 14.9. The Morgan fingerprint density at radius 2 is 0.781 bits per heavy atom. The molecular weight excluding hydrogens is 498 g/mol. The molecular formula is C14H6F14O4. The number of alkyl halides is 10. The molecule has 0 N–H and O–H groups in total. The fraction of sp³-hybridized carbons (Fsp3) is 0.571. The predicted molar refractivity (Wildman–Crippen MR) is 70.0 cm³/mol. The van der Waals surface area contributed by atoms with Crippen LogP contribution in [0.2, 0.25) is 0 Å². The van der Waals surface area contributed by atoms with E-state index in [0.29, 0.717) is 0 Å². The fourth-order valence-electron chi connectivity index (χ4n) is 2.40. The summed E-state index contributed by atoms with van der Waals surface area (Å²) < 4.78 is 194. The Morgan fingerprint density at radius 3 is 1.00 bits per heavy atom. The van der Waals surface area contributed by atoms with Gasteiger partial charge in [0.15, 0.2) is 0 Å². The van der Waals surface area contributed by atoms with E-state index in [1.54, 1.807) is 0 Å². The lowest BCUT2D eigenvalue weighted by molar-refractivity contribution is -0.468. The van der Waals surface area contributed by atoms with Gasteiger partial charge in [-0.2, -0.15) is 52.7 Å². The third-order valence-electron chi connectivity index (χ3n) is 4.09. The zero-order chi connectivity index (χ0) is 25.6. The zero-order valence-electron chi connectivity index (χ0n) is 14.5. The third kappa shape index (κ3) is 3.76. The number of carbonyl (C=O) groups excluding carboxylic acids is 2. The van der Waals surface area contributed by atoms with Crippen LogP contribution in [-0.2, 0) is 19.1 Å². The first kappa shape index (κ1) is 27.5. The molecule has 4 nitrogen and oxygen atoms in total. The van der Waals surface area contributed by atoms with E-state index in [0.717, 1.165) is 0 Å². The van der Waals surface area contributed by atoms with Crippen LogP contribution >= 0.6 is 0 Å². The van der Waals surface area contributed by atoms with Crippen LogP contribution in [0.3, 0.4) is 0 Å². The molecule has 1 aliphatic rings. The van der Waals surface area contributed by atoms with E-state index in [2.05, 4.69) is 9.47 Å². The third-order valence-corrected chi connectivity index (χ3v) is 4.09. The number of hydrogen-bond acceptors (Lipinski definition) is 4. The van der Waals surface area contributed by atoms with Gasteiger partial charge in [0.1, 0.15) is 13.2 Å². The number of hydrogen-bond donors (Lipinski definition) is 0. The van der Waals surface area contributed by atoms with Crippen molar-refractivity contribution in [1.29, 1.82) is 0 Å². The molecule has 184 valence electrons. The molecule has 32 heavy (non-hydrogen) atoms. The van der Waals surface area contributed by atoms with Crippen LogP contribution in [0.15, 0.2) is 24.3 Å². The highest BCUT2D eigenvalue weighted by Crippen LogP contribution is 2.69. The summed E-state index contributed by atoms with van der Waals surface area (Å²) in [6.45, 7) is -6.63. The number of rotatable bonds is 6. The number of halogens is 14. The van der Waals surface area contributed by atoms with Crippen molar-refractivity contribution in [2.75, 3.05) is 13.2 Å². The Balaban J connectivity index is 3.68. The molecule has 0 heterocycles. The molecule has 1 aliphatic carbocycles. The second kappa shape index (κ2) is 8.09. The summed E-state index contributed by atoms with van der Waals surface area (Å²) in [7, 11) is 0. The van der Waals surface area contributed by atoms with E-state index < -0.39 is 84.5 Å². The Kier molecular flexibility index (Phi) is 6.95. The quantitative estimate of drug-likeness (QED) is 0.302. The summed E-state index contributed by atoms with van der Waals surface area (Å²) in [5.74, 6) is -34.4. The minimum atomic E-state index is -7.41. The van der Waals surface area contributed by atoms with E-state index in [1.807, 2.05) is 0 Å². The minimum Gasteiger partial charge on any atom is -0.459 e. The Morgan fingerprint density at radius 1 is 0.531 bits per heavy atom. The van der Waals surface area contributed by atoms with Crippen molar-refractivity contribution in [3.63, 3.8) is 0 Å². The smallest absolute Gasteiger partial charge is 0.381 e. The SMILES string of the molecule is O=C(C=C(F)F)OCC1(F)C(F)(F)C(F)(F)C(F)(F)C(F)(F)C1(F)COC(=O)C=C(F)F. The normalized spacial score (nSPS) is 29.4. The molecule has 0 aliphatic heterocycles. The molecule has 1 fully saturated rings. The van der Waals surface area contributed by atoms with Gasteiger partial charge >= 0.3 is 35.6 Å². The van der Waals surface area contributed by atoms with Crippen LogP contribution < -0.4 is 0 Å². The number of esters is 2. The van der Waals surface area contributed by atoms with Gasteiger partial charge in [-0.05, 0) is 0 Å². The summed E-state index contributed by atoms with van der Waals surface area (Å²) in [5.41, 5.74) is -12.8. The van der Waals surface area contributed by atoms with E-state index in [1.165, 1.54) is 0 Å². The second-order valence-electron chi connectivity index (χ2n) is 5.98. The first-order chi connectivity index (χ1) is 14.1. The molecule has 0 aromatic carbocycles. The standard InChI is InChI=1S/C14H6F14O4/c15-5(16)1-7(29)31-3-9(19)10(20,4-32-8(30)2-6(17)18)12(23,24)14(27,28)13(25,26)11(9,21)22/h1-2H,3-4H2. The molecule has 0 radical (unpaired) electrons. The summed E-state index contributed by atoms with van der Waals surface area (Å²) in [6.07, 6.45) is -7.85. The molecule has 1 rings (SSSR count). The maximum atomic E-state index is 14.9. The highest BCUT2D eigenvalue weighted by Gasteiger charge is 3.00. The summed E-state index contributed by atoms with van der Waals surface area (Å²) in [6, 6.07) is 0. The monoisotopic (exact) mass is 504 g/mol. The number of ether oxygens (including phenoxy) is 2. The van der Waals surface area contributed by atoms with Crippen LogP contribution in [0, 0.1) is 0 Å². The van der Waals surface area contributed by atoms with Crippen molar-refractivity contribution in [3.05, 3.63) is 24.3 Å². The summed E-state index contributed by atoms with van der Waals surface area (Å²) >= 11 is 0. The van der Waals surface area contributed by atoms with Crippen molar-refractivity contribution in [2.24, 2.45) is 0 Å². The molecule has 0 bridgehead atoms. The Labute approximate surface area is 166 Å². The maximum Gasteiger partial charge on any atom is 0.381 e. The van der Waals surface area contributed by atoms with Gasteiger partial charge in [0.2, 0.25) is 0 Å². The van der Waals surface area contributed by atoms with Gasteiger partial charge in [-0.25, -0.2) is 18.4 Å². The van der Waals surface area contributed by atoms with Gasteiger partial charge in [0.25, 0.3) is 23.5 Å². The molecule has 2 unspecified atom stereocenters. The van der Waals surface area contributed by atoms with Gasteiger partial charge in [-0.15, -0.1) is 0 Å². The van der Waals surface area contributed by atoms with Crippen molar-refractivity contribution < 1.29 is 80.5 Å². The van der Waals surface area contributed by atoms with Gasteiger partial charge in [0, 0.05) is 0 Å². The summed E-state index contributed by atoms with van der Waals surface area (Å²) in [5, 5.41) is 0. The topological polar surface area (TPSA) is 52.6 Å². The highest BCUT2D eigenvalue weighted by atomic mass is 19.4. The molecule has 0 aromatic rings. The predicted octanol–water partition coefficient (Wildman–Crippen LogP) is 4.61. The van der Waals surface area contributed by atoms with E-state index in [9.17, 15) is 71.1 Å². The number of carbonyl (C=O) groups is 2. The van der Waals surface area contributed by atoms with Gasteiger partial charge in [-0.3, -0.25) is 0 Å². The van der Waals surface area contributed by atoms with Crippen molar-refractivity contribution in [3.8, 4) is 0 Å². The van der Waals surface area contributed by atoms with E-state index in [-0.39, 0.29) is 0 Å². The fourth-order valence-corrected chi connectivity index (χ4v) is 2.40. The first-order valence-electron chi connectivity index (χ1n) is 7.40. The molecule has 0 spiro atoms. The Bertz CT molecular complexity index is 761. The molecule has 0 aromatic heterocycles. The molecule has 0 amide bonds. The Hall–Kier alpha value is -2.56. The van der Waals surface area contributed by atoms with Crippen LogP contribution in [0.25, 0.3) is 0 Å². The zero-order valence-corrected chi connectivity index (χ0v) is 14.5. The second-order valence-corrected chi connectivity index (χ2v) is 5.98. The van der Waals surface area contributed by atoms with Crippen LogP contribution in [0.4, 0.5) is 61.5 Å². The lowest BCUT2D eigenvalue weighted by Crippen LogP contribution is -2.86. The van der Waals surface area contributed by atoms with E-state index >= 15 is 0 Å². The largest absolute Gasteiger partial charge is 0.459 e. The molecule has 18 heteroatoms. The lowest BCUT2D eigenvalue weighted by Gasteiger charge is -2.54. The van der Waals surface area contributed by atoms with Crippen LogP contribution in [-0.4, -0.2) is 60.2 Å².